The van der Waals surface area contributed by atoms with Gasteiger partial charge in [-0.1, -0.05) is 12.1 Å². The van der Waals surface area contributed by atoms with Crippen molar-refractivity contribution in [3.8, 4) is 0 Å². The van der Waals surface area contributed by atoms with Crippen LogP contribution in [0.15, 0.2) is 18.2 Å². The Morgan fingerprint density at radius 2 is 2.05 bits per heavy atom. The summed E-state index contributed by atoms with van der Waals surface area (Å²) in [5.41, 5.74) is 2.47. The van der Waals surface area contributed by atoms with Crippen molar-refractivity contribution in [2.45, 2.75) is 45.3 Å². The van der Waals surface area contributed by atoms with E-state index >= 15 is 0 Å². The molecule has 0 spiro atoms. The predicted octanol–water partition coefficient (Wildman–Crippen LogP) is 2.16. The van der Waals surface area contributed by atoms with Gasteiger partial charge >= 0.3 is 0 Å². The van der Waals surface area contributed by atoms with Gasteiger partial charge in [0.25, 0.3) is 10.1 Å². The first kappa shape index (κ1) is 16.3. The first-order chi connectivity index (χ1) is 9.68. The van der Waals surface area contributed by atoms with Crippen molar-refractivity contribution in [3.63, 3.8) is 0 Å². The zero-order valence-corrected chi connectivity index (χ0v) is 13.5. The molecule has 21 heavy (non-hydrogen) atoms. The normalized spacial score (nSPS) is 21.2. The molecule has 1 aromatic rings. The summed E-state index contributed by atoms with van der Waals surface area (Å²) in [7, 11) is -4.02. The Bertz CT molecular complexity index is 625. The molecule has 1 unspecified atom stereocenters. The van der Waals surface area contributed by atoms with Gasteiger partial charge in [-0.2, -0.15) is 8.42 Å². The average molecular weight is 313 g/mol. The van der Waals surface area contributed by atoms with E-state index in [0.717, 1.165) is 23.4 Å². The van der Waals surface area contributed by atoms with Crippen molar-refractivity contribution >= 4 is 15.8 Å². The van der Waals surface area contributed by atoms with Crippen LogP contribution in [0.5, 0.6) is 0 Å². The van der Waals surface area contributed by atoms with Crippen LogP contribution in [-0.4, -0.2) is 35.9 Å². The van der Waals surface area contributed by atoms with Crippen LogP contribution in [0.3, 0.4) is 0 Å². The maximum Gasteiger partial charge on any atom is 0.265 e. The van der Waals surface area contributed by atoms with E-state index in [0.29, 0.717) is 6.42 Å². The third-order valence-electron chi connectivity index (χ3n) is 4.21. The van der Waals surface area contributed by atoms with Crippen LogP contribution in [0.1, 0.15) is 44.2 Å². The standard InChI is InChI=1S/C15H23NO4S/c1-4-16-14-7-11(9-17)5-6-13(14)12(8-15(16,2)3)10-21(18,19)20/h5-7,12,17H,4,8-10H2,1-3H3,(H,18,19,20). The molecule has 0 saturated heterocycles. The SMILES string of the molecule is CCN1c2cc(CO)ccc2C(CS(=O)(=O)O)CC1(C)C. The minimum absolute atomic E-state index is 0.0474. The number of hydrogen-bond donors (Lipinski definition) is 2. The number of rotatable bonds is 4. The molecule has 5 nitrogen and oxygen atoms in total. The van der Waals surface area contributed by atoms with E-state index in [1.54, 1.807) is 0 Å². The molecule has 1 aliphatic heterocycles. The topological polar surface area (TPSA) is 77.8 Å². The molecule has 0 aromatic heterocycles. The molecular weight excluding hydrogens is 290 g/mol. The molecule has 2 N–H and O–H groups in total. The summed E-state index contributed by atoms with van der Waals surface area (Å²) < 4.78 is 31.8. The van der Waals surface area contributed by atoms with E-state index in [1.165, 1.54) is 0 Å². The molecule has 0 saturated carbocycles. The third-order valence-corrected chi connectivity index (χ3v) is 5.04. The van der Waals surface area contributed by atoms with Gasteiger partial charge in [-0.3, -0.25) is 4.55 Å². The van der Waals surface area contributed by atoms with Crippen LogP contribution >= 0.6 is 0 Å². The van der Waals surface area contributed by atoms with Gasteiger partial charge in [-0.05, 0) is 44.4 Å². The largest absolute Gasteiger partial charge is 0.392 e. The van der Waals surface area contributed by atoms with Gasteiger partial charge < -0.3 is 10.0 Å². The first-order valence-electron chi connectivity index (χ1n) is 7.14. The van der Waals surface area contributed by atoms with Gasteiger partial charge in [0, 0.05) is 23.7 Å². The number of fused-ring (bicyclic) bond motifs is 1. The zero-order chi connectivity index (χ0) is 15.8. The van der Waals surface area contributed by atoms with Crippen LogP contribution in [0.4, 0.5) is 5.69 Å². The fraction of sp³-hybridized carbons (Fsp3) is 0.600. The van der Waals surface area contributed by atoms with Crippen molar-refractivity contribution in [1.82, 2.24) is 0 Å². The van der Waals surface area contributed by atoms with Crippen molar-refractivity contribution in [2.75, 3.05) is 17.2 Å². The number of nitrogens with zero attached hydrogens (tertiary/aromatic N) is 1. The molecule has 0 fully saturated rings. The average Bonchev–Trinajstić information content (AvgIpc) is 2.35. The molecule has 6 heteroatoms. The summed E-state index contributed by atoms with van der Waals surface area (Å²) >= 11 is 0. The molecule has 1 heterocycles. The van der Waals surface area contributed by atoms with Gasteiger partial charge in [-0.25, -0.2) is 0 Å². The fourth-order valence-electron chi connectivity index (χ4n) is 3.42. The maximum absolute atomic E-state index is 11.3. The summed E-state index contributed by atoms with van der Waals surface area (Å²) in [6.45, 7) is 6.95. The minimum atomic E-state index is -4.02. The number of anilines is 1. The second-order valence-corrected chi connectivity index (χ2v) is 7.75. The highest BCUT2D eigenvalue weighted by atomic mass is 32.2. The smallest absolute Gasteiger partial charge is 0.265 e. The molecule has 1 aliphatic rings. The summed E-state index contributed by atoms with van der Waals surface area (Å²) in [5.74, 6) is -0.500. The van der Waals surface area contributed by atoms with Crippen LogP contribution in [0.25, 0.3) is 0 Å². The zero-order valence-electron chi connectivity index (χ0n) is 12.7. The number of hydrogen-bond acceptors (Lipinski definition) is 4. The van der Waals surface area contributed by atoms with Gasteiger partial charge in [0.15, 0.2) is 0 Å². The summed E-state index contributed by atoms with van der Waals surface area (Å²) in [4.78, 5) is 2.22. The predicted molar refractivity (Wildman–Crippen MR) is 83.2 cm³/mol. The number of benzene rings is 1. The van der Waals surface area contributed by atoms with Gasteiger partial charge in [-0.15, -0.1) is 0 Å². The van der Waals surface area contributed by atoms with Crippen LogP contribution in [0.2, 0.25) is 0 Å². The molecule has 0 aliphatic carbocycles. The maximum atomic E-state index is 11.3. The second kappa shape index (κ2) is 5.59. The first-order valence-corrected chi connectivity index (χ1v) is 8.75. The van der Waals surface area contributed by atoms with E-state index in [4.69, 9.17) is 0 Å². The van der Waals surface area contributed by atoms with E-state index < -0.39 is 10.1 Å². The van der Waals surface area contributed by atoms with E-state index in [2.05, 4.69) is 25.7 Å². The third kappa shape index (κ3) is 3.39. The highest BCUT2D eigenvalue weighted by Crippen LogP contribution is 2.44. The Hall–Kier alpha value is -1.11. The van der Waals surface area contributed by atoms with Crippen molar-refractivity contribution in [1.29, 1.82) is 0 Å². The van der Waals surface area contributed by atoms with E-state index in [1.807, 2.05) is 18.2 Å². The molecule has 0 bridgehead atoms. The summed E-state index contributed by atoms with van der Waals surface area (Å²) in [6, 6.07) is 5.59. The quantitative estimate of drug-likeness (QED) is 0.833. The van der Waals surface area contributed by atoms with Gasteiger partial charge in [0.05, 0.1) is 12.4 Å². The summed E-state index contributed by atoms with van der Waals surface area (Å²) in [5, 5.41) is 9.33. The second-order valence-electron chi connectivity index (χ2n) is 6.26. The molecule has 0 amide bonds. The lowest BCUT2D eigenvalue weighted by molar-refractivity contribution is 0.281. The molecule has 1 aromatic carbocycles. The minimum Gasteiger partial charge on any atom is -0.392 e. The molecule has 1 atom stereocenters. The Morgan fingerprint density at radius 1 is 1.38 bits per heavy atom. The van der Waals surface area contributed by atoms with Crippen LogP contribution < -0.4 is 4.90 Å². The highest BCUT2D eigenvalue weighted by Gasteiger charge is 2.38. The number of aliphatic hydroxyl groups is 1. The van der Waals surface area contributed by atoms with Crippen molar-refractivity contribution < 1.29 is 18.1 Å². The molecular formula is C15H23NO4S. The Morgan fingerprint density at radius 3 is 2.57 bits per heavy atom. The van der Waals surface area contributed by atoms with E-state index in [9.17, 15) is 18.1 Å². The van der Waals surface area contributed by atoms with Crippen molar-refractivity contribution in [2.24, 2.45) is 0 Å². The molecule has 118 valence electrons. The fourth-order valence-corrected chi connectivity index (χ4v) is 4.22. The van der Waals surface area contributed by atoms with Crippen molar-refractivity contribution in [3.05, 3.63) is 29.3 Å². The summed E-state index contributed by atoms with van der Waals surface area (Å²) in [6.07, 6.45) is 0.659. The lowest BCUT2D eigenvalue weighted by Crippen LogP contribution is -2.49. The number of aliphatic hydroxyl groups excluding tert-OH is 1. The van der Waals surface area contributed by atoms with Crippen LogP contribution in [-0.2, 0) is 16.7 Å². The van der Waals surface area contributed by atoms with Gasteiger partial charge in [0.2, 0.25) is 0 Å². The Kier molecular flexibility index (Phi) is 4.33. The molecule has 0 radical (unpaired) electrons. The Balaban J connectivity index is 2.54. The monoisotopic (exact) mass is 313 g/mol. The van der Waals surface area contributed by atoms with Crippen LogP contribution in [0, 0.1) is 0 Å². The lowest BCUT2D eigenvalue weighted by Gasteiger charge is -2.47. The molecule has 2 rings (SSSR count). The van der Waals surface area contributed by atoms with E-state index in [-0.39, 0.29) is 23.8 Å². The Labute approximate surface area is 126 Å². The van der Waals surface area contributed by atoms with Gasteiger partial charge in [0.1, 0.15) is 0 Å². The highest BCUT2D eigenvalue weighted by molar-refractivity contribution is 7.85. The lowest BCUT2D eigenvalue weighted by atomic mass is 9.79.